The molecule has 1 amide bonds. The van der Waals surface area contributed by atoms with Gasteiger partial charge in [0.25, 0.3) is 5.91 Å². The van der Waals surface area contributed by atoms with E-state index >= 15 is 0 Å². The number of hydrogen-bond acceptors (Lipinski definition) is 2. The molecule has 1 aliphatic carbocycles. The highest BCUT2D eigenvalue weighted by atomic mass is 35.5. The summed E-state index contributed by atoms with van der Waals surface area (Å²) in [5.41, 5.74) is 1.39. The van der Waals surface area contributed by atoms with E-state index < -0.39 is 0 Å². The minimum Gasteiger partial charge on any atom is -0.333 e. The normalized spacial score (nSPS) is 14.9. The number of aryl methyl sites for hydroxylation is 1. The lowest BCUT2D eigenvalue weighted by molar-refractivity contribution is 0.0747. The fourth-order valence-corrected chi connectivity index (χ4v) is 1.92. The standard InChI is InChI=1S/C12H15ClN2O/c1-9-3-2-4-11(14-9)12(16)15(8-7-13)10-5-6-10/h2-4,10H,5-8H2,1H3. The molecule has 3 nitrogen and oxygen atoms in total. The molecule has 1 aromatic rings. The first kappa shape index (κ1) is 11.4. The van der Waals surface area contributed by atoms with Crippen LogP contribution in [0.4, 0.5) is 0 Å². The van der Waals surface area contributed by atoms with Gasteiger partial charge in [0.05, 0.1) is 0 Å². The van der Waals surface area contributed by atoms with Crippen LogP contribution in [0, 0.1) is 6.92 Å². The van der Waals surface area contributed by atoms with Crippen molar-refractivity contribution in [2.24, 2.45) is 0 Å². The predicted molar refractivity (Wildman–Crippen MR) is 63.8 cm³/mol. The summed E-state index contributed by atoms with van der Waals surface area (Å²) >= 11 is 5.72. The van der Waals surface area contributed by atoms with Crippen molar-refractivity contribution in [3.8, 4) is 0 Å². The van der Waals surface area contributed by atoms with Crippen molar-refractivity contribution in [1.29, 1.82) is 0 Å². The van der Waals surface area contributed by atoms with Gasteiger partial charge in [-0.1, -0.05) is 6.07 Å². The minimum absolute atomic E-state index is 0.00634. The first-order valence-electron chi connectivity index (χ1n) is 5.53. The Hall–Kier alpha value is -1.09. The van der Waals surface area contributed by atoms with Crippen molar-refractivity contribution in [3.05, 3.63) is 29.6 Å². The largest absolute Gasteiger partial charge is 0.333 e. The molecule has 0 saturated heterocycles. The molecule has 4 heteroatoms. The van der Waals surface area contributed by atoms with Crippen LogP contribution in [0.2, 0.25) is 0 Å². The van der Waals surface area contributed by atoms with Gasteiger partial charge in [0.15, 0.2) is 0 Å². The Morgan fingerprint density at radius 3 is 2.88 bits per heavy atom. The van der Waals surface area contributed by atoms with Gasteiger partial charge in [0.2, 0.25) is 0 Å². The van der Waals surface area contributed by atoms with E-state index in [2.05, 4.69) is 4.98 Å². The molecule has 2 rings (SSSR count). The molecule has 0 aliphatic heterocycles. The number of nitrogens with zero attached hydrogens (tertiary/aromatic N) is 2. The van der Waals surface area contributed by atoms with Crippen molar-refractivity contribution < 1.29 is 4.79 Å². The third kappa shape index (κ3) is 2.53. The fourth-order valence-electron chi connectivity index (χ4n) is 1.74. The molecule has 0 bridgehead atoms. The van der Waals surface area contributed by atoms with Crippen LogP contribution >= 0.6 is 11.6 Å². The van der Waals surface area contributed by atoms with Crippen molar-refractivity contribution in [1.82, 2.24) is 9.88 Å². The summed E-state index contributed by atoms with van der Waals surface area (Å²) in [5.74, 6) is 0.487. The second-order valence-corrected chi connectivity index (χ2v) is 4.46. The van der Waals surface area contributed by atoms with Crippen molar-refractivity contribution in [2.45, 2.75) is 25.8 Å². The van der Waals surface area contributed by atoms with E-state index in [-0.39, 0.29) is 5.91 Å². The minimum atomic E-state index is 0.00634. The Morgan fingerprint density at radius 1 is 1.56 bits per heavy atom. The van der Waals surface area contributed by atoms with Gasteiger partial charge in [-0.15, -0.1) is 11.6 Å². The summed E-state index contributed by atoms with van der Waals surface area (Å²) in [6, 6.07) is 5.90. The van der Waals surface area contributed by atoms with Gasteiger partial charge in [-0.05, 0) is 31.9 Å². The Kier molecular flexibility index (Phi) is 3.44. The van der Waals surface area contributed by atoms with Crippen molar-refractivity contribution in [3.63, 3.8) is 0 Å². The monoisotopic (exact) mass is 238 g/mol. The van der Waals surface area contributed by atoms with Gasteiger partial charge in [-0.3, -0.25) is 4.79 Å². The number of pyridine rings is 1. The van der Waals surface area contributed by atoms with Crippen molar-refractivity contribution in [2.75, 3.05) is 12.4 Å². The van der Waals surface area contributed by atoms with Gasteiger partial charge in [-0.25, -0.2) is 4.98 Å². The molecule has 1 heterocycles. The highest BCUT2D eigenvalue weighted by molar-refractivity contribution is 6.18. The molecular formula is C12H15ClN2O. The van der Waals surface area contributed by atoms with E-state index in [9.17, 15) is 4.79 Å². The maximum absolute atomic E-state index is 12.2. The van der Waals surface area contributed by atoms with Gasteiger partial charge in [-0.2, -0.15) is 0 Å². The van der Waals surface area contributed by atoms with Crippen molar-refractivity contribution >= 4 is 17.5 Å². The van der Waals surface area contributed by atoms with E-state index in [1.54, 1.807) is 6.07 Å². The van der Waals surface area contributed by atoms with Crippen LogP contribution < -0.4 is 0 Å². The number of aromatic nitrogens is 1. The maximum Gasteiger partial charge on any atom is 0.272 e. The highest BCUT2D eigenvalue weighted by Crippen LogP contribution is 2.27. The van der Waals surface area contributed by atoms with Gasteiger partial charge in [0.1, 0.15) is 5.69 Å². The molecule has 0 spiro atoms. The van der Waals surface area contributed by atoms with Crippen LogP contribution in [0.3, 0.4) is 0 Å². The molecule has 86 valence electrons. The van der Waals surface area contributed by atoms with Gasteiger partial charge < -0.3 is 4.90 Å². The number of halogens is 1. The highest BCUT2D eigenvalue weighted by Gasteiger charge is 2.32. The first-order chi connectivity index (χ1) is 7.72. The summed E-state index contributed by atoms with van der Waals surface area (Å²) < 4.78 is 0. The predicted octanol–water partition coefficient (Wildman–Crippen LogP) is 2.23. The number of carbonyl (C=O) groups excluding carboxylic acids is 1. The van der Waals surface area contributed by atoms with E-state index in [4.69, 9.17) is 11.6 Å². The van der Waals surface area contributed by atoms with E-state index in [1.807, 2.05) is 24.0 Å². The van der Waals surface area contributed by atoms with Gasteiger partial charge >= 0.3 is 0 Å². The molecule has 1 aliphatic rings. The molecule has 0 N–H and O–H groups in total. The van der Waals surface area contributed by atoms with Crippen LogP contribution in [0.5, 0.6) is 0 Å². The Morgan fingerprint density at radius 2 is 2.31 bits per heavy atom. The maximum atomic E-state index is 12.2. The Balaban J connectivity index is 2.15. The third-order valence-corrected chi connectivity index (χ3v) is 2.85. The quantitative estimate of drug-likeness (QED) is 0.754. The number of hydrogen-bond donors (Lipinski definition) is 0. The molecule has 1 aromatic heterocycles. The van der Waals surface area contributed by atoms with Crippen LogP contribution in [-0.2, 0) is 0 Å². The van der Waals surface area contributed by atoms with E-state index in [0.717, 1.165) is 18.5 Å². The SMILES string of the molecule is Cc1cccc(C(=O)N(CCCl)C2CC2)n1. The second kappa shape index (κ2) is 4.83. The number of amides is 1. The zero-order valence-electron chi connectivity index (χ0n) is 9.32. The van der Waals surface area contributed by atoms with Crippen LogP contribution in [-0.4, -0.2) is 34.3 Å². The first-order valence-corrected chi connectivity index (χ1v) is 6.06. The van der Waals surface area contributed by atoms with E-state index in [1.165, 1.54) is 0 Å². The second-order valence-electron chi connectivity index (χ2n) is 4.08. The molecule has 16 heavy (non-hydrogen) atoms. The van der Waals surface area contributed by atoms with Gasteiger partial charge in [0, 0.05) is 24.2 Å². The molecule has 1 saturated carbocycles. The number of carbonyl (C=O) groups is 1. The number of alkyl halides is 1. The number of rotatable bonds is 4. The molecule has 0 atom stereocenters. The topological polar surface area (TPSA) is 33.2 Å². The lowest BCUT2D eigenvalue weighted by Gasteiger charge is -2.20. The zero-order chi connectivity index (χ0) is 11.5. The molecular weight excluding hydrogens is 224 g/mol. The molecule has 0 aromatic carbocycles. The van der Waals surface area contributed by atoms with Crippen LogP contribution in [0.1, 0.15) is 29.0 Å². The smallest absolute Gasteiger partial charge is 0.272 e. The Labute approximate surface area is 100 Å². The zero-order valence-corrected chi connectivity index (χ0v) is 10.1. The molecule has 0 radical (unpaired) electrons. The average molecular weight is 239 g/mol. The molecule has 0 unspecified atom stereocenters. The van der Waals surface area contributed by atoms with Crippen LogP contribution in [0.25, 0.3) is 0 Å². The summed E-state index contributed by atoms with van der Waals surface area (Å²) in [5, 5.41) is 0. The third-order valence-electron chi connectivity index (χ3n) is 2.68. The molecule has 1 fully saturated rings. The van der Waals surface area contributed by atoms with E-state index in [0.29, 0.717) is 24.2 Å². The summed E-state index contributed by atoms with van der Waals surface area (Å²) in [6.07, 6.45) is 2.18. The lowest BCUT2D eigenvalue weighted by Crippen LogP contribution is -2.35. The summed E-state index contributed by atoms with van der Waals surface area (Å²) in [7, 11) is 0. The summed E-state index contributed by atoms with van der Waals surface area (Å²) in [6.45, 7) is 2.50. The summed E-state index contributed by atoms with van der Waals surface area (Å²) in [4.78, 5) is 18.3. The Bertz CT molecular complexity index is 390. The van der Waals surface area contributed by atoms with Crippen LogP contribution in [0.15, 0.2) is 18.2 Å². The lowest BCUT2D eigenvalue weighted by atomic mass is 10.2. The fraction of sp³-hybridized carbons (Fsp3) is 0.500. The average Bonchev–Trinajstić information content (AvgIpc) is 3.09.